The van der Waals surface area contributed by atoms with Gasteiger partial charge in [0.15, 0.2) is 5.78 Å². The SMILES string of the molecule is COC(OC)C(=O)Cc1ccc(OCS(C)(C)C(C)(C)C)cc1. The maximum Gasteiger partial charge on any atom is 0.217 e. The minimum atomic E-state index is -0.852. The Balaban J connectivity index is 2.62. The Morgan fingerprint density at radius 3 is 2.04 bits per heavy atom. The monoisotopic (exact) mass is 342 g/mol. The number of benzene rings is 1. The van der Waals surface area contributed by atoms with Crippen molar-refractivity contribution in [2.45, 2.75) is 38.2 Å². The van der Waals surface area contributed by atoms with Crippen molar-refractivity contribution in [3.63, 3.8) is 0 Å². The number of Topliss-reactive ketones (excluding diaryl/α,β-unsaturated/α-hetero) is 1. The number of hydrogen-bond acceptors (Lipinski definition) is 4. The summed E-state index contributed by atoms with van der Waals surface area (Å²) in [4.78, 5) is 11.9. The predicted octanol–water partition coefficient (Wildman–Crippen LogP) is 3.62. The van der Waals surface area contributed by atoms with E-state index < -0.39 is 16.3 Å². The molecule has 0 radical (unpaired) electrons. The van der Waals surface area contributed by atoms with Gasteiger partial charge in [-0.05, 0) is 35.0 Å². The molecule has 5 heteroatoms. The Bertz CT molecular complexity index is 499. The molecule has 0 N–H and O–H groups in total. The van der Waals surface area contributed by atoms with E-state index in [1.807, 2.05) is 24.3 Å². The van der Waals surface area contributed by atoms with Crippen molar-refractivity contribution in [1.82, 2.24) is 0 Å². The second kappa shape index (κ2) is 8.18. The first-order valence-electron chi connectivity index (χ1n) is 7.61. The van der Waals surface area contributed by atoms with E-state index in [1.54, 1.807) is 0 Å². The van der Waals surface area contributed by atoms with Gasteiger partial charge >= 0.3 is 0 Å². The number of ketones is 1. The third-order valence-corrected chi connectivity index (χ3v) is 8.19. The van der Waals surface area contributed by atoms with Crippen LogP contribution in [0.15, 0.2) is 24.3 Å². The second-order valence-electron chi connectivity index (χ2n) is 7.00. The molecule has 0 saturated heterocycles. The normalized spacial score (nSPS) is 13.2. The Hall–Kier alpha value is -1.04. The van der Waals surface area contributed by atoms with Crippen LogP contribution in [-0.4, -0.2) is 49.5 Å². The minimum absolute atomic E-state index is 0.0954. The molecule has 1 rings (SSSR count). The molecule has 0 aromatic heterocycles. The van der Waals surface area contributed by atoms with Gasteiger partial charge in [-0.15, -0.1) is 0 Å². The zero-order valence-corrected chi connectivity index (χ0v) is 16.2. The van der Waals surface area contributed by atoms with E-state index in [0.717, 1.165) is 17.3 Å². The molecule has 1 aromatic carbocycles. The van der Waals surface area contributed by atoms with Gasteiger partial charge in [-0.1, -0.05) is 32.9 Å². The van der Waals surface area contributed by atoms with Crippen LogP contribution in [0.5, 0.6) is 5.75 Å². The Morgan fingerprint density at radius 2 is 1.61 bits per heavy atom. The van der Waals surface area contributed by atoms with Crippen LogP contribution in [0.3, 0.4) is 0 Å². The summed E-state index contributed by atoms with van der Waals surface area (Å²) in [7, 11) is 2.07. The highest BCUT2D eigenvalue weighted by Crippen LogP contribution is 2.52. The van der Waals surface area contributed by atoms with Crippen LogP contribution in [0.1, 0.15) is 26.3 Å². The van der Waals surface area contributed by atoms with Gasteiger partial charge in [0.25, 0.3) is 0 Å². The first kappa shape index (κ1) is 20.0. The summed E-state index contributed by atoms with van der Waals surface area (Å²) in [6.07, 6.45) is 4.05. The third-order valence-electron chi connectivity index (χ3n) is 4.17. The highest BCUT2D eigenvalue weighted by Gasteiger charge is 2.28. The summed E-state index contributed by atoms with van der Waals surface area (Å²) in [5.74, 6) is 1.47. The Morgan fingerprint density at radius 1 is 1.09 bits per heavy atom. The fourth-order valence-electron chi connectivity index (χ4n) is 1.74. The zero-order valence-electron chi connectivity index (χ0n) is 15.3. The van der Waals surface area contributed by atoms with Crippen LogP contribution >= 0.6 is 10.0 Å². The Labute approximate surface area is 141 Å². The number of hydrogen-bond donors (Lipinski definition) is 0. The summed E-state index contributed by atoms with van der Waals surface area (Å²) < 4.78 is 16.1. The molecule has 0 heterocycles. The van der Waals surface area contributed by atoms with Crippen LogP contribution < -0.4 is 4.74 Å². The summed E-state index contributed by atoms with van der Waals surface area (Å²) in [6.45, 7) is 6.76. The van der Waals surface area contributed by atoms with Gasteiger partial charge in [0.1, 0.15) is 11.7 Å². The molecular formula is C18H30O4S. The maximum absolute atomic E-state index is 11.9. The van der Waals surface area contributed by atoms with Crippen LogP contribution in [0.25, 0.3) is 0 Å². The molecule has 0 bridgehead atoms. The average Bonchev–Trinajstić information content (AvgIpc) is 2.46. The molecule has 0 saturated carbocycles. The van der Waals surface area contributed by atoms with Crippen molar-refractivity contribution in [1.29, 1.82) is 0 Å². The van der Waals surface area contributed by atoms with Gasteiger partial charge < -0.3 is 14.2 Å². The highest BCUT2D eigenvalue weighted by atomic mass is 32.3. The molecule has 0 amide bonds. The second-order valence-corrected chi connectivity index (χ2v) is 11.5. The topological polar surface area (TPSA) is 44.8 Å². The lowest BCUT2D eigenvalue weighted by Crippen LogP contribution is -2.27. The van der Waals surface area contributed by atoms with E-state index >= 15 is 0 Å². The molecule has 0 spiro atoms. The van der Waals surface area contributed by atoms with Crippen molar-refractivity contribution in [3.05, 3.63) is 29.8 Å². The van der Waals surface area contributed by atoms with Gasteiger partial charge in [-0.2, -0.15) is 0 Å². The van der Waals surface area contributed by atoms with Crippen LogP contribution in [-0.2, 0) is 20.7 Å². The largest absolute Gasteiger partial charge is 0.484 e. The molecule has 0 fully saturated rings. The standard InChI is InChI=1S/C18H30O4S/c1-18(2,3)23(6,7)13-22-15-10-8-14(9-11-15)12-16(19)17(20-4)21-5/h8-11,17H,12-13H2,1-7H3. The highest BCUT2D eigenvalue weighted by molar-refractivity contribution is 8.33. The van der Waals surface area contributed by atoms with Gasteiger partial charge in [0, 0.05) is 20.6 Å². The number of methoxy groups -OCH3 is 2. The fraction of sp³-hybridized carbons (Fsp3) is 0.611. The lowest BCUT2D eigenvalue weighted by Gasteiger charge is -2.43. The smallest absolute Gasteiger partial charge is 0.217 e. The molecule has 132 valence electrons. The molecular weight excluding hydrogens is 312 g/mol. The first-order chi connectivity index (χ1) is 10.6. The first-order valence-corrected chi connectivity index (χ1v) is 10.2. The molecule has 0 unspecified atom stereocenters. The van der Waals surface area contributed by atoms with Crippen LogP contribution in [0.4, 0.5) is 0 Å². The van der Waals surface area contributed by atoms with Crippen molar-refractivity contribution < 1.29 is 19.0 Å². The summed E-state index contributed by atoms with van der Waals surface area (Å²) in [5, 5.41) is 0. The molecule has 23 heavy (non-hydrogen) atoms. The molecule has 0 aliphatic rings. The van der Waals surface area contributed by atoms with Gasteiger partial charge in [0.05, 0.1) is 0 Å². The molecule has 4 nitrogen and oxygen atoms in total. The minimum Gasteiger partial charge on any atom is -0.484 e. The van der Waals surface area contributed by atoms with Gasteiger partial charge in [-0.3, -0.25) is 4.79 Å². The lowest BCUT2D eigenvalue weighted by atomic mass is 10.1. The van der Waals surface area contributed by atoms with Crippen LogP contribution in [0.2, 0.25) is 0 Å². The molecule has 1 aromatic rings. The average molecular weight is 343 g/mol. The van der Waals surface area contributed by atoms with E-state index in [9.17, 15) is 4.79 Å². The summed E-state index contributed by atoms with van der Waals surface area (Å²) in [5.41, 5.74) is 0.920. The van der Waals surface area contributed by atoms with Crippen molar-refractivity contribution in [2.75, 3.05) is 32.7 Å². The van der Waals surface area contributed by atoms with Gasteiger partial charge in [-0.25, -0.2) is 10.0 Å². The van der Waals surface area contributed by atoms with Crippen LogP contribution in [0, 0.1) is 0 Å². The number of carbonyl (C=O) groups excluding carboxylic acids is 1. The van der Waals surface area contributed by atoms with E-state index in [1.165, 1.54) is 14.2 Å². The number of ether oxygens (including phenoxy) is 3. The maximum atomic E-state index is 11.9. The fourth-order valence-corrected chi connectivity index (χ4v) is 2.52. The van der Waals surface area contributed by atoms with E-state index in [-0.39, 0.29) is 17.0 Å². The van der Waals surface area contributed by atoms with Crippen molar-refractivity contribution >= 4 is 15.8 Å². The zero-order chi connectivity index (χ0) is 17.7. The van der Waals surface area contributed by atoms with Gasteiger partial charge in [0.2, 0.25) is 6.29 Å². The van der Waals surface area contributed by atoms with E-state index in [2.05, 4.69) is 33.3 Å². The van der Waals surface area contributed by atoms with E-state index in [4.69, 9.17) is 14.2 Å². The van der Waals surface area contributed by atoms with E-state index in [0.29, 0.717) is 0 Å². The number of rotatable bonds is 8. The predicted molar refractivity (Wildman–Crippen MR) is 97.6 cm³/mol. The molecule has 0 aliphatic carbocycles. The quantitative estimate of drug-likeness (QED) is 0.677. The van der Waals surface area contributed by atoms with Crippen molar-refractivity contribution in [3.8, 4) is 5.75 Å². The van der Waals surface area contributed by atoms with Crippen molar-refractivity contribution in [2.24, 2.45) is 0 Å². The lowest BCUT2D eigenvalue weighted by molar-refractivity contribution is -0.155. The third kappa shape index (κ3) is 5.83. The molecule has 0 aliphatic heterocycles. The summed E-state index contributed by atoms with van der Waals surface area (Å²) in [6, 6.07) is 7.65. The number of carbonyl (C=O) groups is 1. The molecule has 0 atom stereocenters. The Kier molecular flexibility index (Phi) is 7.11. The summed E-state index contributed by atoms with van der Waals surface area (Å²) >= 11 is 0.